The fraction of sp³-hybridized carbons (Fsp3) is 0.500. The third kappa shape index (κ3) is 5.29. The number of benzene rings is 1. The molecule has 1 aromatic carbocycles. The molecule has 0 heterocycles. The van der Waals surface area contributed by atoms with Crippen molar-refractivity contribution < 1.29 is 9.72 Å². The van der Waals surface area contributed by atoms with E-state index in [4.69, 9.17) is 0 Å². The minimum Gasteiger partial charge on any atom is -0.388 e. The summed E-state index contributed by atoms with van der Waals surface area (Å²) in [5, 5.41) is 16.6. The molecule has 1 amide bonds. The summed E-state index contributed by atoms with van der Waals surface area (Å²) in [4.78, 5) is 24.0. The highest BCUT2D eigenvalue weighted by molar-refractivity contribution is 5.81. The summed E-state index contributed by atoms with van der Waals surface area (Å²) in [6, 6.07) is 4.68. The highest BCUT2D eigenvalue weighted by Gasteiger charge is 2.14. The summed E-state index contributed by atoms with van der Waals surface area (Å²) in [5.41, 5.74) is 1.24. The summed E-state index contributed by atoms with van der Waals surface area (Å²) < 4.78 is 0. The molecule has 7 heteroatoms. The van der Waals surface area contributed by atoms with Gasteiger partial charge in [0.15, 0.2) is 0 Å². The van der Waals surface area contributed by atoms with Crippen molar-refractivity contribution in [2.24, 2.45) is 5.92 Å². The first kappa shape index (κ1) is 16.7. The molecule has 0 spiro atoms. The molecular weight excluding hydrogens is 272 g/mol. The van der Waals surface area contributed by atoms with E-state index in [1.54, 1.807) is 25.1 Å². The molecule has 0 unspecified atom stereocenters. The fourth-order valence-electron chi connectivity index (χ4n) is 1.75. The van der Waals surface area contributed by atoms with Crippen LogP contribution in [0.1, 0.15) is 13.8 Å². The van der Waals surface area contributed by atoms with Crippen LogP contribution < -0.4 is 15.5 Å². The Bertz CT molecular complexity index is 517. The van der Waals surface area contributed by atoms with E-state index in [1.165, 1.54) is 12.1 Å². The number of hydrogen-bond donors (Lipinski definition) is 2. The molecule has 0 atom stereocenters. The van der Waals surface area contributed by atoms with Gasteiger partial charge in [0.1, 0.15) is 0 Å². The van der Waals surface area contributed by atoms with Gasteiger partial charge in [-0.15, -0.1) is 0 Å². The van der Waals surface area contributed by atoms with Gasteiger partial charge in [-0.3, -0.25) is 14.9 Å². The Balaban J connectivity index is 2.81. The SMILES string of the molecule is CNc1cc(N(C)CC(=O)NCC(C)C)cc([N+](=O)[O-])c1. The first-order chi connectivity index (χ1) is 9.83. The predicted octanol–water partition coefficient (Wildman–Crippen LogP) is 1.84. The molecule has 0 radical (unpaired) electrons. The van der Waals surface area contributed by atoms with Gasteiger partial charge < -0.3 is 15.5 Å². The van der Waals surface area contributed by atoms with Crippen LogP contribution in [-0.2, 0) is 4.79 Å². The van der Waals surface area contributed by atoms with E-state index in [-0.39, 0.29) is 18.1 Å². The Kier molecular flexibility index (Phi) is 5.95. The van der Waals surface area contributed by atoms with Crippen molar-refractivity contribution >= 4 is 23.0 Å². The molecule has 21 heavy (non-hydrogen) atoms. The number of hydrogen-bond acceptors (Lipinski definition) is 5. The maximum absolute atomic E-state index is 11.8. The third-order valence-corrected chi connectivity index (χ3v) is 2.93. The number of nitrogens with zero attached hydrogens (tertiary/aromatic N) is 2. The van der Waals surface area contributed by atoms with Crippen LogP contribution in [0.15, 0.2) is 18.2 Å². The second-order valence-electron chi connectivity index (χ2n) is 5.30. The largest absolute Gasteiger partial charge is 0.388 e. The minimum absolute atomic E-state index is 0.00807. The molecule has 116 valence electrons. The lowest BCUT2D eigenvalue weighted by molar-refractivity contribution is -0.384. The molecule has 0 aliphatic rings. The van der Waals surface area contributed by atoms with Gasteiger partial charge in [-0.25, -0.2) is 0 Å². The normalized spacial score (nSPS) is 10.3. The number of amides is 1. The van der Waals surface area contributed by atoms with Crippen LogP contribution >= 0.6 is 0 Å². The van der Waals surface area contributed by atoms with Crippen LogP contribution in [-0.4, -0.2) is 38.0 Å². The van der Waals surface area contributed by atoms with Gasteiger partial charge in [0, 0.05) is 44.1 Å². The van der Waals surface area contributed by atoms with Crippen molar-refractivity contribution in [1.29, 1.82) is 0 Å². The summed E-state index contributed by atoms with van der Waals surface area (Å²) in [5.74, 6) is 0.275. The maximum atomic E-state index is 11.8. The van der Waals surface area contributed by atoms with Crippen LogP contribution in [0.3, 0.4) is 0 Å². The van der Waals surface area contributed by atoms with E-state index in [0.29, 0.717) is 23.8 Å². The first-order valence-electron chi connectivity index (χ1n) is 6.78. The Morgan fingerprint density at radius 1 is 1.38 bits per heavy atom. The Labute approximate surface area is 124 Å². The number of rotatable bonds is 7. The average Bonchev–Trinajstić information content (AvgIpc) is 2.44. The van der Waals surface area contributed by atoms with Crippen molar-refractivity contribution in [3.8, 4) is 0 Å². The molecule has 0 saturated carbocycles. The number of nitro groups is 1. The molecule has 0 fully saturated rings. The summed E-state index contributed by atoms with van der Waals surface area (Å²) in [6.45, 7) is 4.80. The zero-order valence-electron chi connectivity index (χ0n) is 12.8. The van der Waals surface area contributed by atoms with Gasteiger partial charge in [-0.1, -0.05) is 13.8 Å². The predicted molar refractivity (Wildman–Crippen MR) is 83.8 cm³/mol. The van der Waals surface area contributed by atoms with Gasteiger partial charge in [-0.2, -0.15) is 0 Å². The topological polar surface area (TPSA) is 87.5 Å². The monoisotopic (exact) mass is 294 g/mol. The lowest BCUT2D eigenvalue weighted by atomic mass is 10.2. The fourth-order valence-corrected chi connectivity index (χ4v) is 1.75. The molecule has 1 aromatic rings. The summed E-state index contributed by atoms with van der Waals surface area (Å²) in [7, 11) is 3.42. The third-order valence-electron chi connectivity index (χ3n) is 2.93. The van der Waals surface area contributed by atoms with E-state index in [0.717, 1.165) is 0 Å². The zero-order chi connectivity index (χ0) is 16.0. The van der Waals surface area contributed by atoms with E-state index in [9.17, 15) is 14.9 Å². The Morgan fingerprint density at radius 2 is 2.05 bits per heavy atom. The lowest BCUT2D eigenvalue weighted by Gasteiger charge is -2.20. The standard InChI is InChI=1S/C14H22N4O3/c1-10(2)8-16-14(19)9-17(4)12-5-11(15-3)6-13(7-12)18(20)21/h5-7,10,15H,8-9H2,1-4H3,(H,16,19). The van der Waals surface area contributed by atoms with Crippen LogP contribution in [0, 0.1) is 16.0 Å². The van der Waals surface area contributed by atoms with Gasteiger partial charge >= 0.3 is 0 Å². The van der Waals surface area contributed by atoms with Crippen LogP contribution in [0.25, 0.3) is 0 Å². The van der Waals surface area contributed by atoms with Crippen molar-refractivity contribution in [2.75, 3.05) is 37.4 Å². The van der Waals surface area contributed by atoms with Crippen molar-refractivity contribution in [3.05, 3.63) is 28.3 Å². The Hall–Kier alpha value is -2.31. The van der Waals surface area contributed by atoms with Gasteiger partial charge in [0.2, 0.25) is 5.91 Å². The number of likely N-dealkylation sites (N-methyl/N-ethyl adjacent to an activating group) is 1. The van der Waals surface area contributed by atoms with Crippen molar-refractivity contribution in [2.45, 2.75) is 13.8 Å². The summed E-state index contributed by atoms with van der Waals surface area (Å²) in [6.07, 6.45) is 0. The number of non-ortho nitro benzene ring substituents is 1. The molecular formula is C14H22N4O3. The quantitative estimate of drug-likeness (QED) is 0.592. The van der Waals surface area contributed by atoms with E-state index >= 15 is 0 Å². The smallest absolute Gasteiger partial charge is 0.273 e. The van der Waals surface area contributed by atoms with E-state index < -0.39 is 4.92 Å². The number of nitrogens with one attached hydrogen (secondary N) is 2. The highest BCUT2D eigenvalue weighted by atomic mass is 16.6. The molecule has 2 N–H and O–H groups in total. The molecule has 0 aliphatic carbocycles. The van der Waals surface area contributed by atoms with Crippen LogP contribution in [0.2, 0.25) is 0 Å². The molecule has 0 bridgehead atoms. The number of carbonyl (C=O) groups is 1. The molecule has 0 saturated heterocycles. The van der Waals surface area contributed by atoms with Crippen molar-refractivity contribution in [1.82, 2.24) is 5.32 Å². The first-order valence-corrected chi connectivity index (χ1v) is 6.78. The average molecular weight is 294 g/mol. The molecule has 1 rings (SSSR count). The molecule has 7 nitrogen and oxygen atoms in total. The van der Waals surface area contributed by atoms with Gasteiger partial charge in [-0.05, 0) is 12.0 Å². The number of carbonyl (C=O) groups excluding carboxylic acids is 1. The molecule has 0 aliphatic heterocycles. The summed E-state index contributed by atoms with van der Waals surface area (Å²) >= 11 is 0. The minimum atomic E-state index is -0.447. The van der Waals surface area contributed by atoms with E-state index in [2.05, 4.69) is 10.6 Å². The second-order valence-corrected chi connectivity index (χ2v) is 5.30. The van der Waals surface area contributed by atoms with Crippen LogP contribution in [0.5, 0.6) is 0 Å². The maximum Gasteiger partial charge on any atom is 0.273 e. The number of nitro benzene ring substituents is 1. The Morgan fingerprint density at radius 3 is 2.57 bits per heavy atom. The van der Waals surface area contributed by atoms with E-state index in [1.807, 2.05) is 13.8 Å². The van der Waals surface area contributed by atoms with Gasteiger partial charge in [0.25, 0.3) is 5.69 Å². The second kappa shape index (κ2) is 7.47. The number of anilines is 2. The zero-order valence-corrected chi connectivity index (χ0v) is 12.8. The lowest BCUT2D eigenvalue weighted by Crippen LogP contribution is -2.36. The van der Waals surface area contributed by atoms with Crippen LogP contribution in [0.4, 0.5) is 17.1 Å². The highest BCUT2D eigenvalue weighted by Crippen LogP contribution is 2.26. The van der Waals surface area contributed by atoms with Gasteiger partial charge in [0.05, 0.1) is 11.5 Å². The molecule has 0 aromatic heterocycles. The van der Waals surface area contributed by atoms with Crippen molar-refractivity contribution in [3.63, 3.8) is 0 Å².